The van der Waals surface area contributed by atoms with E-state index in [9.17, 15) is 0 Å². The fourth-order valence-electron chi connectivity index (χ4n) is 2.91. The lowest BCUT2D eigenvalue weighted by Crippen LogP contribution is -2.25. The second-order valence-electron chi connectivity index (χ2n) is 6.03. The van der Waals surface area contributed by atoms with Crippen molar-refractivity contribution < 1.29 is 4.42 Å². The highest BCUT2D eigenvalue weighted by atomic mass is 16.3. The van der Waals surface area contributed by atoms with Gasteiger partial charge in [-0.2, -0.15) is 0 Å². The van der Waals surface area contributed by atoms with Crippen molar-refractivity contribution >= 4 is 21.7 Å². The smallest absolute Gasteiger partial charge is 0.142 e. The predicted octanol–water partition coefficient (Wildman–Crippen LogP) is 5.28. The number of fused-ring (bicyclic) bond motifs is 3. The van der Waals surface area contributed by atoms with Crippen molar-refractivity contribution in [3.63, 3.8) is 0 Å². The van der Waals surface area contributed by atoms with Crippen molar-refractivity contribution in [3.8, 4) is 0 Å². The Morgan fingerprint density at radius 2 is 1.81 bits per heavy atom. The van der Waals surface area contributed by atoms with Gasteiger partial charge in [0.2, 0.25) is 0 Å². The molecule has 2 heteroatoms. The van der Waals surface area contributed by atoms with Crippen molar-refractivity contribution in [1.82, 2.24) is 5.32 Å². The van der Waals surface area contributed by atoms with Gasteiger partial charge in [-0.3, -0.25) is 0 Å². The molecule has 3 aromatic rings. The van der Waals surface area contributed by atoms with E-state index >= 15 is 0 Å². The third-order valence-corrected chi connectivity index (χ3v) is 4.02. The first-order valence-corrected chi connectivity index (χ1v) is 7.85. The van der Waals surface area contributed by atoms with E-state index in [1.54, 1.807) is 0 Å². The van der Waals surface area contributed by atoms with Crippen LogP contribution in [-0.2, 0) is 0 Å². The molecule has 0 bridgehead atoms. The monoisotopic (exact) mass is 281 g/mol. The number of nitrogens with one attached hydrogen (secondary N) is 1. The van der Waals surface area contributed by atoms with Crippen LogP contribution in [0.15, 0.2) is 46.9 Å². The maximum Gasteiger partial charge on any atom is 0.142 e. The first-order chi connectivity index (χ1) is 10.2. The Labute approximate surface area is 126 Å². The summed E-state index contributed by atoms with van der Waals surface area (Å²) in [6, 6.07) is 15.2. The average Bonchev–Trinajstić information content (AvgIpc) is 2.91. The van der Waals surface area contributed by atoms with Gasteiger partial charge in [0.05, 0.1) is 6.04 Å². The molecule has 0 saturated heterocycles. The first kappa shape index (κ1) is 14.2. The Morgan fingerprint density at radius 1 is 1.05 bits per heavy atom. The number of furan rings is 1. The molecular formula is C19H23NO. The Bertz CT molecular complexity index is 741. The van der Waals surface area contributed by atoms with Gasteiger partial charge in [-0.1, -0.05) is 57.2 Å². The summed E-state index contributed by atoms with van der Waals surface area (Å²) in [7, 11) is 0. The largest absolute Gasteiger partial charge is 0.459 e. The molecule has 2 aromatic carbocycles. The maximum atomic E-state index is 6.24. The summed E-state index contributed by atoms with van der Waals surface area (Å²) in [5, 5.41) is 7.21. The van der Waals surface area contributed by atoms with E-state index in [0.29, 0.717) is 5.92 Å². The van der Waals surface area contributed by atoms with Crippen LogP contribution in [0.4, 0.5) is 0 Å². The third-order valence-electron chi connectivity index (χ3n) is 4.02. The molecule has 3 rings (SSSR count). The van der Waals surface area contributed by atoms with Crippen LogP contribution in [0, 0.1) is 5.92 Å². The van der Waals surface area contributed by atoms with E-state index in [2.05, 4.69) is 68.6 Å². The summed E-state index contributed by atoms with van der Waals surface area (Å²) in [5.74, 6) is 1.55. The fourth-order valence-corrected chi connectivity index (χ4v) is 2.91. The van der Waals surface area contributed by atoms with Crippen LogP contribution in [0.5, 0.6) is 0 Å². The summed E-state index contributed by atoms with van der Waals surface area (Å²) in [5.41, 5.74) is 1.01. The van der Waals surface area contributed by atoms with Gasteiger partial charge in [-0.05, 0) is 30.3 Å². The summed E-state index contributed by atoms with van der Waals surface area (Å²) in [6.45, 7) is 7.68. The normalized spacial score (nSPS) is 13.3. The first-order valence-electron chi connectivity index (χ1n) is 7.85. The Kier molecular flexibility index (Phi) is 3.98. The Morgan fingerprint density at radius 3 is 2.57 bits per heavy atom. The van der Waals surface area contributed by atoms with E-state index in [1.165, 1.54) is 16.2 Å². The van der Waals surface area contributed by atoms with Crippen LogP contribution in [0.3, 0.4) is 0 Å². The van der Waals surface area contributed by atoms with Gasteiger partial charge in [0.25, 0.3) is 0 Å². The molecule has 110 valence electrons. The van der Waals surface area contributed by atoms with Gasteiger partial charge >= 0.3 is 0 Å². The summed E-state index contributed by atoms with van der Waals surface area (Å²) < 4.78 is 6.24. The predicted molar refractivity (Wildman–Crippen MR) is 89.6 cm³/mol. The SMILES string of the molecule is CCCNC(c1cc2ccc3ccccc3c2o1)C(C)C. The van der Waals surface area contributed by atoms with E-state index in [4.69, 9.17) is 4.42 Å². The molecule has 1 N–H and O–H groups in total. The van der Waals surface area contributed by atoms with Gasteiger partial charge in [0, 0.05) is 10.8 Å². The number of benzene rings is 2. The lowest BCUT2D eigenvalue weighted by molar-refractivity contribution is 0.352. The molecule has 0 fully saturated rings. The van der Waals surface area contributed by atoms with Crippen molar-refractivity contribution in [2.75, 3.05) is 6.54 Å². The molecule has 0 aliphatic heterocycles. The fraction of sp³-hybridized carbons (Fsp3) is 0.368. The molecule has 1 aromatic heterocycles. The molecule has 0 radical (unpaired) electrons. The molecular weight excluding hydrogens is 258 g/mol. The van der Waals surface area contributed by atoms with Crippen LogP contribution >= 0.6 is 0 Å². The van der Waals surface area contributed by atoms with Crippen molar-refractivity contribution in [2.24, 2.45) is 5.92 Å². The molecule has 2 nitrogen and oxygen atoms in total. The number of rotatable bonds is 5. The highest BCUT2D eigenvalue weighted by molar-refractivity contribution is 6.04. The molecule has 1 heterocycles. The van der Waals surface area contributed by atoms with E-state index in [-0.39, 0.29) is 6.04 Å². The average molecular weight is 281 g/mol. The minimum atomic E-state index is 0.274. The Hall–Kier alpha value is -1.80. The second kappa shape index (κ2) is 5.90. The molecule has 0 saturated carbocycles. The van der Waals surface area contributed by atoms with Crippen LogP contribution in [0.1, 0.15) is 39.0 Å². The van der Waals surface area contributed by atoms with Gasteiger partial charge in [0.1, 0.15) is 11.3 Å². The van der Waals surface area contributed by atoms with Gasteiger partial charge in [0.15, 0.2) is 0 Å². The quantitative estimate of drug-likeness (QED) is 0.688. The summed E-state index contributed by atoms with van der Waals surface area (Å²) in [6.07, 6.45) is 1.13. The number of hydrogen-bond acceptors (Lipinski definition) is 2. The zero-order chi connectivity index (χ0) is 14.8. The molecule has 0 spiro atoms. The zero-order valence-electron chi connectivity index (χ0n) is 13.0. The second-order valence-corrected chi connectivity index (χ2v) is 6.03. The molecule has 0 aliphatic carbocycles. The molecule has 21 heavy (non-hydrogen) atoms. The van der Waals surface area contributed by atoms with Crippen molar-refractivity contribution in [3.05, 3.63) is 48.2 Å². The van der Waals surface area contributed by atoms with E-state index in [0.717, 1.165) is 24.3 Å². The van der Waals surface area contributed by atoms with Crippen LogP contribution in [-0.4, -0.2) is 6.54 Å². The maximum absolute atomic E-state index is 6.24. The van der Waals surface area contributed by atoms with Gasteiger partial charge in [-0.25, -0.2) is 0 Å². The topological polar surface area (TPSA) is 25.2 Å². The van der Waals surface area contributed by atoms with Crippen molar-refractivity contribution in [1.29, 1.82) is 0 Å². The van der Waals surface area contributed by atoms with E-state index in [1.807, 2.05) is 0 Å². The van der Waals surface area contributed by atoms with Crippen molar-refractivity contribution in [2.45, 2.75) is 33.2 Å². The molecule has 0 amide bonds. The Balaban J connectivity index is 2.09. The minimum Gasteiger partial charge on any atom is -0.459 e. The van der Waals surface area contributed by atoms with Crippen LogP contribution < -0.4 is 5.32 Å². The molecule has 1 atom stereocenters. The lowest BCUT2D eigenvalue weighted by Gasteiger charge is -2.19. The standard InChI is InChI=1S/C19H23NO/c1-4-11-20-18(13(2)3)17-12-15-10-9-14-7-5-6-8-16(14)19(15)21-17/h5-10,12-13,18,20H,4,11H2,1-3H3. The molecule has 1 unspecified atom stereocenters. The highest BCUT2D eigenvalue weighted by Gasteiger charge is 2.19. The molecule has 0 aliphatic rings. The van der Waals surface area contributed by atoms with Gasteiger partial charge < -0.3 is 9.73 Å². The third kappa shape index (κ3) is 2.68. The van der Waals surface area contributed by atoms with E-state index < -0.39 is 0 Å². The summed E-state index contributed by atoms with van der Waals surface area (Å²) >= 11 is 0. The highest BCUT2D eigenvalue weighted by Crippen LogP contribution is 2.32. The lowest BCUT2D eigenvalue weighted by atomic mass is 10.0. The van der Waals surface area contributed by atoms with Crippen LogP contribution in [0.25, 0.3) is 21.7 Å². The van der Waals surface area contributed by atoms with Crippen LogP contribution in [0.2, 0.25) is 0 Å². The zero-order valence-corrected chi connectivity index (χ0v) is 13.0. The minimum absolute atomic E-state index is 0.274. The summed E-state index contributed by atoms with van der Waals surface area (Å²) in [4.78, 5) is 0. The number of hydrogen-bond donors (Lipinski definition) is 1. The van der Waals surface area contributed by atoms with Gasteiger partial charge in [-0.15, -0.1) is 0 Å².